The molecule has 0 spiro atoms. The maximum atomic E-state index is 11.0. The summed E-state index contributed by atoms with van der Waals surface area (Å²) in [7, 11) is 0. The van der Waals surface area contributed by atoms with Gasteiger partial charge in [0.2, 0.25) is 0 Å². The maximum Gasteiger partial charge on any atom is 0.161 e. The molecule has 1 aliphatic rings. The van der Waals surface area contributed by atoms with Crippen molar-refractivity contribution in [1.29, 1.82) is 0 Å². The number of fused-ring (bicyclic) bond motifs is 1. The summed E-state index contributed by atoms with van der Waals surface area (Å²) in [6.07, 6.45) is 1.58. The van der Waals surface area contributed by atoms with Crippen molar-refractivity contribution in [3.63, 3.8) is 0 Å². The summed E-state index contributed by atoms with van der Waals surface area (Å²) in [6, 6.07) is 9.29. The summed E-state index contributed by atoms with van der Waals surface area (Å²) < 4.78 is 16.3. The quantitative estimate of drug-likeness (QED) is 0.770. The fraction of sp³-hybridized carbons (Fsp3) is 0.312. The predicted molar refractivity (Wildman–Crippen MR) is 74.4 cm³/mol. The zero-order valence-electron chi connectivity index (χ0n) is 12.0. The number of aliphatic carboxylic acids is 1. The van der Waals surface area contributed by atoms with Gasteiger partial charge in [0.1, 0.15) is 32.8 Å². The Morgan fingerprint density at radius 3 is 2.68 bits per heavy atom. The van der Waals surface area contributed by atoms with Gasteiger partial charge in [-0.05, 0) is 30.3 Å². The van der Waals surface area contributed by atoms with E-state index >= 15 is 0 Å². The molecule has 1 aromatic heterocycles. The van der Waals surface area contributed by atoms with E-state index in [-0.39, 0.29) is 6.54 Å². The van der Waals surface area contributed by atoms with E-state index in [1.54, 1.807) is 12.3 Å². The van der Waals surface area contributed by atoms with Gasteiger partial charge in [0.05, 0.1) is 12.2 Å². The van der Waals surface area contributed by atoms with E-state index in [4.69, 9.17) is 13.9 Å². The van der Waals surface area contributed by atoms with Crippen LogP contribution in [0.2, 0.25) is 0 Å². The van der Waals surface area contributed by atoms with Gasteiger partial charge in [-0.15, -0.1) is 0 Å². The van der Waals surface area contributed by atoms with Crippen molar-refractivity contribution in [2.24, 2.45) is 0 Å². The molecular formula is C16H17NO5. The fourth-order valence-corrected chi connectivity index (χ4v) is 2.54. The summed E-state index contributed by atoms with van der Waals surface area (Å²) in [5.41, 5.74) is 0.979. The number of hydrogen-bond donors (Lipinski definition) is 1. The van der Waals surface area contributed by atoms with Crippen LogP contribution >= 0.6 is 0 Å². The van der Waals surface area contributed by atoms with Crippen LogP contribution in [0.15, 0.2) is 41.0 Å². The summed E-state index contributed by atoms with van der Waals surface area (Å²) >= 11 is 0. The highest BCUT2D eigenvalue weighted by molar-refractivity contribution is 5.65. The Balaban J connectivity index is 1.73. The van der Waals surface area contributed by atoms with Gasteiger partial charge in [0, 0.05) is 5.56 Å². The Kier molecular flexibility index (Phi) is 4.29. The second-order valence-electron chi connectivity index (χ2n) is 5.21. The van der Waals surface area contributed by atoms with Gasteiger partial charge in [-0.2, -0.15) is 0 Å². The molecule has 1 N–H and O–H groups in total. The first-order valence-corrected chi connectivity index (χ1v) is 7.15. The number of carboxylic acid groups (broad SMARTS) is 1. The zero-order chi connectivity index (χ0) is 15.4. The number of nitrogens with one attached hydrogen (secondary N) is 1. The molecule has 2 heterocycles. The Morgan fingerprint density at radius 2 is 1.95 bits per heavy atom. The molecule has 1 aliphatic heterocycles. The normalized spacial score (nSPS) is 14.5. The number of hydrogen-bond acceptors (Lipinski definition) is 5. The molecule has 1 atom stereocenters. The van der Waals surface area contributed by atoms with E-state index < -0.39 is 5.97 Å². The second kappa shape index (κ2) is 6.53. The molecule has 116 valence electrons. The third kappa shape index (κ3) is 3.59. The Morgan fingerprint density at radius 1 is 1.14 bits per heavy atom. The molecular weight excluding hydrogens is 286 g/mol. The van der Waals surface area contributed by atoms with Gasteiger partial charge in [-0.3, -0.25) is 0 Å². The van der Waals surface area contributed by atoms with E-state index in [0.29, 0.717) is 32.1 Å². The van der Waals surface area contributed by atoms with E-state index in [1.807, 2.05) is 24.3 Å². The molecule has 6 heteroatoms. The lowest BCUT2D eigenvalue weighted by molar-refractivity contribution is -0.922. The standard InChI is InChI=1S/C16H17NO5/c18-16(19)11-17(10-13-2-1-5-20-13)9-12-3-4-14-15(8-12)22-7-6-21-14/h1-5,8H,6-7,9-11H2,(H,18,19). The predicted octanol–water partition coefficient (Wildman–Crippen LogP) is -0.614. The van der Waals surface area contributed by atoms with Crippen LogP contribution in [0.5, 0.6) is 11.5 Å². The summed E-state index contributed by atoms with van der Waals surface area (Å²) in [4.78, 5) is 11.8. The molecule has 6 nitrogen and oxygen atoms in total. The molecule has 1 aromatic carbocycles. The van der Waals surface area contributed by atoms with Gasteiger partial charge in [0.25, 0.3) is 0 Å². The van der Waals surface area contributed by atoms with Crippen molar-refractivity contribution in [3.8, 4) is 11.5 Å². The lowest BCUT2D eigenvalue weighted by Gasteiger charge is -2.21. The lowest BCUT2D eigenvalue weighted by atomic mass is 10.1. The van der Waals surface area contributed by atoms with E-state index in [1.165, 1.54) is 0 Å². The van der Waals surface area contributed by atoms with Crippen LogP contribution in [0.25, 0.3) is 0 Å². The monoisotopic (exact) mass is 303 g/mol. The number of rotatable bonds is 6. The van der Waals surface area contributed by atoms with Gasteiger partial charge in [0.15, 0.2) is 17.3 Å². The van der Waals surface area contributed by atoms with Crippen LogP contribution < -0.4 is 19.5 Å². The van der Waals surface area contributed by atoms with Crippen molar-refractivity contribution >= 4 is 5.97 Å². The summed E-state index contributed by atoms with van der Waals surface area (Å²) in [6.45, 7) is 2.00. The van der Waals surface area contributed by atoms with Crippen LogP contribution in [-0.4, -0.2) is 25.7 Å². The van der Waals surface area contributed by atoms with Crippen molar-refractivity contribution in [1.82, 2.24) is 0 Å². The molecule has 0 amide bonds. The third-order valence-electron chi connectivity index (χ3n) is 3.46. The molecule has 3 rings (SSSR count). The highest BCUT2D eigenvalue weighted by atomic mass is 16.6. The van der Waals surface area contributed by atoms with Crippen LogP contribution in [0.3, 0.4) is 0 Å². The smallest absolute Gasteiger partial charge is 0.161 e. The Bertz CT molecular complexity index is 638. The lowest BCUT2D eigenvalue weighted by Crippen LogP contribution is -3.10. The highest BCUT2D eigenvalue weighted by Crippen LogP contribution is 2.30. The first kappa shape index (κ1) is 14.5. The third-order valence-corrected chi connectivity index (χ3v) is 3.46. The number of furan rings is 1. The van der Waals surface area contributed by atoms with Crippen LogP contribution in [0.4, 0.5) is 0 Å². The number of quaternary nitrogens is 1. The molecule has 0 aliphatic carbocycles. The topological polar surface area (TPSA) is 76.2 Å². The van der Waals surface area contributed by atoms with Crippen molar-refractivity contribution < 1.29 is 28.7 Å². The second-order valence-corrected chi connectivity index (χ2v) is 5.21. The van der Waals surface area contributed by atoms with E-state index in [2.05, 4.69) is 0 Å². The van der Waals surface area contributed by atoms with Gasteiger partial charge in [-0.25, -0.2) is 0 Å². The SMILES string of the molecule is O=C([O-])C[NH+](Cc1ccc2c(c1)OCCO2)Cc1ccco1. The average molecular weight is 303 g/mol. The number of carbonyl (C=O) groups is 1. The number of carboxylic acids is 1. The largest absolute Gasteiger partial charge is 0.544 e. The van der Waals surface area contributed by atoms with Crippen molar-refractivity contribution in [2.45, 2.75) is 13.1 Å². The van der Waals surface area contributed by atoms with Crippen LogP contribution in [0.1, 0.15) is 11.3 Å². The maximum absolute atomic E-state index is 11.0. The van der Waals surface area contributed by atoms with Crippen molar-refractivity contribution in [2.75, 3.05) is 19.8 Å². The zero-order valence-corrected chi connectivity index (χ0v) is 12.0. The fourth-order valence-electron chi connectivity index (χ4n) is 2.54. The minimum absolute atomic E-state index is 0.0882. The molecule has 0 radical (unpaired) electrons. The molecule has 0 saturated heterocycles. The van der Waals surface area contributed by atoms with Crippen LogP contribution in [-0.2, 0) is 17.9 Å². The van der Waals surface area contributed by atoms with Gasteiger partial charge in [-0.1, -0.05) is 0 Å². The van der Waals surface area contributed by atoms with Gasteiger partial charge < -0.3 is 28.7 Å². The summed E-state index contributed by atoms with van der Waals surface area (Å²) in [5, 5.41) is 11.0. The molecule has 0 bridgehead atoms. The number of benzene rings is 1. The highest BCUT2D eigenvalue weighted by Gasteiger charge is 2.16. The minimum Gasteiger partial charge on any atom is -0.544 e. The molecule has 22 heavy (non-hydrogen) atoms. The number of ether oxygens (including phenoxy) is 2. The molecule has 0 saturated carbocycles. The van der Waals surface area contributed by atoms with E-state index in [0.717, 1.165) is 22.0 Å². The summed E-state index contributed by atoms with van der Waals surface area (Å²) in [5.74, 6) is 1.09. The Labute approximate surface area is 127 Å². The average Bonchev–Trinajstić information content (AvgIpc) is 2.99. The van der Waals surface area contributed by atoms with E-state index in [9.17, 15) is 9.90 Å². The van der Waals surface area contributed by atoms with Crippen molar-refractivity contribution in [3.05, 3.63) is 47.9 Å². The molecule has 2 aromatic rings. The number of carbonyl (C=O) groups excluding carboxylic acids is 1. The van der Waals surface area contributed by atoms with Gasteiger partial charge >= 0.3 is 0 Å². The first-order chi connectivity index (χ1) is 10.7. The first-order valence-electron chi connectivity index (χ1n) is 7.15. The Hall–Kier alpha value is -2.47. The molecule has 1 unspecified atom stereocenters. The van der Waals surface area contributed by atoms with Crippen LogP contribution in [0, 0.1) is 0 Å². The minimum atomic E-state index is -1.08. The molecule has 0 fully saturated rings.